The molecule has 2 aromatic rings. The third kappa shape index (κ3) is 5.04. The third-order valence-corrected chi connectivity index (χ3v) is 5.01. The summed E-state index contributed by atoms with van der Waals surface area (Å²) in [5.74, 6) is -0.120. The van der Waals surface area contributed by atoms with Crippen molar-refractivity contribution in [2.75, 3.05) is 17.2 Å². The molecule has 1 amide bonds. The largest absolute Gasteiger partial charge is 0.360 e. The molecule has 0 unspecified atom stereocenters. The van der Waals surface area contributed by atoms with Crippen molar-refractivity contribution in [2.24, 2.45) is 0 Å². The number of carbonyl (C=O) groups excluding carboxylic acids is 2. The van der Waals surface area contributed by atoms with Crippen LogP contribution in [0.3, 0.4) is 0 Å². The molecule has 0 saturated carbocycles. The molecular weight excluding hydrogens is 332 g/mol. The number of anilines is 2. The summed E-state index contributed by atoms with van der Waals surface area (Å²) in [5, 5.41) is 14.4. The lowest BCUT2D eigenvalue weighted by atomic mass is 10.1. The van der Waals surface area contributed by atoms with Gasteiger partial charge in [0.05, 0.1) is 5.25 Å². The Morgan fingerprint density at radius 2 is 1.96 bits per heavy atom. The zero-order valence-electron chi connectivity index (χ0n) is 13.1. The van der Waals surface area contributed by atoms with E-state index in [9.17, 15) is 9.59 Å². The number of amides is 1. The van der Waals surface area contributed by atoms with Crippen LogP contribution in [0.1, 0.15) is 31.1 Å². The minimum atomic E-state index is -0.301. The summed E-state index contributed by atoms with van der Waals surface area (Å²) in [7, 11) is 0. The van der Waals surface area contributed by atoms with Crippen LogP contribution >= 0.6 is 23.1 Å². The fraction of sp³-hybridized carbons (Fsp3) is 0.333. The van der Waals surface area contributed by atoms with Gasteiger partial charge in [0, 0.05) is 17.8 Å². The van der Waals surface area contributed by atoms with Gasteiger partial charge in [-0.2, -0.15) is 0 Å². The van der Waals surface area contributed by atoms with Crippen molar-refractivity contribution in [1.82, 2.24) is 10.2 Å². The van der Waals surface area contributed by atoms with Gasteiger partial charge in [-0.25, -0.2) is 0 Å². The van der Waals surface area contributed by atoms with E-state index in [2.05, 4.69) is 20.8 Å². The Morgan fingerprint density at radius 1 is 1.26 bits per heavy atom. The molecule has 2 N–H and O–H groups in total. The van der Waals surface area contributed by atoms with E-state index in [4.69, 9.17) is 0 Å². The maximum absolute atomic E-state index is 12.2. The molecule has 2 rings (SSSR count). The van der Waals surface area contributed by atoms with Crippen LogP contribution in [0.25, 0.3) is 0 Å². The van der Waals surface area contributed by atoms with Crippen molar-refractivity contribution in [3.63, 3.8) is 0 Å². The average molecular weight is 350 g/mol. The predicted molar refractivity (Wildman–Crippen MR) is 94.5 cm³/mol. The zero-order chi connectivity index (χ0) is 16.8. The molecule has 0 aliphatic rings. The van der Waals surface area contributed by atoms with E-state index >= 15 is 0 Å². The Kier molecular flexibility index (Phi) is 6.12. The van der Waals surface area contributed by atoms with Crippen LogP contribution in [0.2, 0.25) is 0 Å². The van der Waals surface area contributed by atoms with Gasteiger partial charge in [-0.15, -0.1) is 10.2 Å². The van der Waals surface area contributed by atoms with Crippen LogP contribution < -0.4 is 10.6 Å². The van der Waals surface area contributed by atoms with Gasteiger partial charge in [-0.05, 0) is 45.0 Å². The highest BCUT2D eigenvalue weighted by Gasteiger charge is 2.17. The summed E-state index contributed by atoms with van der Waals surface area (Å²) < 4.78 is 0.746. The van der Waals surface area contributed by atoms with Crippen LogP contribution in [-0.2, 0) is 4.79 Å². The van der Waals surface area contributed by atoms with E-state index in [-0.39, 0.29) is 16.9 Å². The molecule has 0 bridgehead atoms. The minimum Gasteiger partial charge on any atom is -0.360 e. The maximum Gasteiger partial charge on any atom is 0.237 e. The average Bonchev–Trinajstić information content (AvgIpc) is 2.95. The monoisotopic (exact) mass is 350 g/mol. The fourth-order valence-electron chi connectivity index (χ4n) is 1.72. The molecule has 8 heteroatoms. The zero-order valence-corrected chi connectivity index (χ0v) is 14.8. The Hall–Kier alpha value is -1.93. The second kappa shape index (κ2) is 8.07. The molecule has 1 aromatic heterocycles. The molecule has 0 radical (unpaired) electrons. The number of nitrogens with zero attached hydrogens (tertiary/aromatic N) is 2. The molecular formula is C15H18N4O2S2. The molecule has 0 spiro atoms. The molecule has 1 aromatic carbocycles. The number of nitrogens with one attached hydrogen (secondary N) is 2. The van der Waals surface area contributed by atoms with Gasteiger partial charge in [-0.3, -0.25) is 9.59 Å². The highest BCUT2D eigenvalue weighted by Crippen LogP contribution is 2.29. The molecule has 23 heavy (non-hydrogen) atoms. The van der Waals surface area contributed by atoms with E-state index in [0.717, 1.165) is 16.0 Å². The summed E-state index contributed by atoms with van der Waals surface area (Å²) in [6.07, 6.45) is 0. The van der Waals surface area contributed by atoms with Gasteiger partial charge >= 0.3 is 0 Å². The predicted octanol–water partition coefficient (Wildman–Crippen LogP) is 3.29. The van der Waals surface area contributed by atoms with E-state index in [1.807, 2.05) is 13.8 Å². The molecule has 1 heterocycles. The first-order valence-corrected chi connectivity index (χ1v) is 8.85. The van der Waals surface area contributed by atoms with Crippen LogP contribution in [0.4, 0.5) is 10.8 Å². The van der Waals surface area contributed by atoms with Gasteiger partial charge < -0.3 is 10.6 Å². The number of ketones is 1. The number of carbonyl (C=O) groups is 2. The fourth-order valence-corrected chi connectivity index (χ4v) is 3.68. The molecule has 6 nitrogen and oxygen atoms in total. The Balaban J connectivity index is 1.92. The van der Waals surface area contributed by atoms with Crippen LogP contribution in [0.5, 0.6) is 0 Å². The van der Waals surface area contributed by atoms with Crippen molar-refractivity contribution in [3.8, 4) is 0 Å². The maximum atomic E-state index is 12.2. The third-order valence-electron chi connectivity index (χ3n) is 2.94. The lowest BCUT2D eigenvalue weighted by Crippen LogP contribution is -2.22. The SMILES string of the molecule is CCNc1nnc(S[C@@H](C)C(=O)Nc2ccc(C(C)=O)cc2)s1. The van der Waals surface area contributed by atoms with Crippen LogP contribution in [0, 0.1) is 0 Å². The lowest BCUT2D eigenvalue weighted by Gasteiger charge is -2.10. The van der Waals surface area contributed by atoms with Gasteiger partial charge in [0.1, 0.15) is 0 Å². The number of rotatable bonds is 7. The Labute approximate surface area is 143 Å². The highest BCUT2D eigenvalue weighted by molar-refractivity contribution is 8.02. The van der Waals surface area contributed by atoms with Crippen LogP contribution in [0.15, 0.2) is 28.6 Å². The summed E-state index contributed by atoms with van der Waals surface area (Å²) in [4.78, 5) is 23.4. The smallest absolute Gasteiger partial charge is 0.237 e. The van der Waals surface area contributed by atoms with Crippen molar-refractivity contribution in [3.05, 3.63) is 29.8 Å². The second-order valence-corrected chi connectivity index (χ2v) is 7.35. The number of thioether (sulfide) groups is 1. The molecule has 0 aliphatic heterocycles. The highest BCUT2D eigenvalue weighted by atomic mass is 32.2. The van der Waals surface area contributed by atoms with E-state index in [1.165, 1.54) is 30.0 Å². The quantitative estimate of drug-likeness (QED) is 0.589. The Morgan fingerprint density at radius 3 is 2.57 bits per heavy atom. The van der Waals surface area contributed by atoms with Gasteiger partial charge in [0.15, 0.2) is 10.1 Å². The summed E-state index contributed by atoms with van der Waals surface area (Å²) >= 11 is 2.79. The van der Waals surface area contributed by atoms with Gasteiger partial charge in [-0.1, -0.05) is 23.1 Å². The molecule has 0 fully saturated rings. The second-order valence-electron chi connectivity index (χ2n) is 4.79. The summed E-state index contributed by atoms with van der Waals surface area (Å²) in [5.41, 5.74) is 1.29. The van der Waals surface area contributed by atoms with Gasteiger partial charge in [0.25, 0.3) is 0 Å². The molecule has 122 valence electrons. The first-order valence-electron chi connectivity index (χ1n) is 7.15. The van der Waals surface area contributed by atoms with E-state index in [0.29, 0.717) is 11.3 Å². The summed E-state index contributed by atoms with van der Waals surface area (Å²) in [6, 6.07) is 6.84. The van der Waals surface area contributed by atoms with Crippen molar-refractivity contribution in [1.29, 1.82) is 0 Å². The van der Waals surface area contributed by atoms with Crippen molar-refractivity contribution >= 4 is 45.6 Å². The topological polar surface area (TPSA) is 84.0 Å². The number of aromatic nitrogens is 2. The van der Waals surface area contributed by atoms with E-state index in [1.54, 1.807) is 24.3 Å². The number of hydrogen-bond acceptors (Lipinski definition) is 7. The number of hydrogen-bond donors (Lipinski definition) is 2. The number of benzene rings is 1. The minimum absolute atomic E-state index is 0.000405. The summed E-state index contributed by atoms with van der Waals surface area (Å²) in [6.45, 7) is 6.10. The molecule has 1 atom stereocenters. The van der Waals surface area contributed by atoms with Gasteiger partial charge in [0.2, 0.25) is 11.0 Å². The molecule has 0 aliphatic carbocycles. The number of Topliss-reactive ketones (excluding diaryl/α,β-unsaturated/α-hetero) is 1. The first-order chi connectivity index (χ1) is 11.0. The Bertz CT molecular complexity index is 685. The standard InChI is InChI=1S/C15H18N4O2S2/c1-4-16-14-18-19-15(23-14)22-10(3)13(21)17-12-7-5-11(6-8-12)9(2)20/h5-8,10H,4H2,1-3H3,(H,16,18)(H,17,21)/t10-/m0/s1. The normalized spacial score (nSPS) is 11.8. The van der Waals surface area contributed by atoms with Crippen molar-refractivity contribution < 1.29 is 9.59 Å². The first kappa shape index (κ1) is 17.4. The van der Waals surface area contributed by atoms with E-state index < -0.39 is 0 Å². The van der Waals surface area contributed by atoms with Crippen molar-refractivity contribution in [2.45, 2.75) is 30.4 Å². The van der Waals surface area contributed by atoms with Crippen LogP contribution in [-0.4, -0.2) is 33.7 Å². The lowest BCUT2D eigenvalue weighted by molar-refractivity contribution is -0.115. The molecule has 0 saturated heterocycles.